The molecule has 1 fully saturated rings. The van der Waals surface area contributed by atoms with Gasteiger partial charge in [0.1, 0.15) is 6.07 Å². The summed E-state index contributed by atoms with van der Waals surface area (Å²) in [6, 6.07) is 15.8. The largest absolute Gasteiger partial charge is 0.370 e. The number of halogens is 1. The Hall–Kier alpha value is -3.10. The van der Waals surface area contributed by atoms with Crippen LogP contribution in [0.4, 0.5) is 11.4 Å². The van der Waals surface area contributed by atoms with Crippen LogP contribution in [0, 0.1) is 17.2 Å². The van der Waals surface area contributed by atoms with Gasteiger partial charge in [-0.2, -0.15) is 5.26 Å². The van der Waals surface area contributed by atoms with Crippen molar-refractivity contribution in [2.45, 2.75) is 26.2 Å². The fourth-order valence-electron chi connectivity index (χ4n) is 4.05. The van der Waals surface area contributed by atoms with Gasteiger partial charge < -0.3 is 10.2 Å². The van der Waals surface area contributed by atoms with Gasteiger partial charge in [0.15, 0.2) is 0 Å². The molecule has 0 aliphatic carbocycles. The lowest BCUT2D eigenvalue weighted by Gasteiger charge is -2.34. The van der Waals surface area contributed by atoms with Gasteiger partial charge in [-0.15, -0.1) is 0 Å². The number of anilines is 2. The molecule has 1 aliphatic rings. The zero-order valence-corrected chi connectivity index (χ0v) is 17.6. The van der Waals surface area contributed by atoms with E-state index in [-0.39, 0.29) is 11.8 Å². The summed E-state index contributed by atoms with van der Waals surface area (Å²) >= 11 is 6.21. The van der Waals surface area contributed by atoms with E-state index in [1.165, 1.54) is 5.56 Å². The molecule has 6 heteroatoms. The molecule has 2 heterocycles. The van der Waals surface area contributed by atoms with E-state index in [1.54, 1.807) is 12.3 Å². The van der Waals surface area contributed by atoms with E-state index in [1.807, 2.05) is 30.3 Å². The number of piperidine rings is 1. The minimum absolute atomic E-state index is 0.0474. The third kappa shape index (κ3) is 4.10. The van der Waals surface area contributed by atoms with Gasteiger partial charge in [0.05, 0.1) is 16.8 Å². The Morgan fingerprint density at radius 3 is 2.80 bits per heavy atom. The molecular formula is C24H23ClN4O. The first-order valence-electron chi connectivity index (χ1n) is 10.2. The van der Waals surface area contributed by atoms with Gasteiger partial charge in [0.25, 0.3) is 0 Å². The van der Waals surface area contributed by atoms with Crippen LogP contribution < -0.4 is 10.2 Å². The van der Waals surface area contributed by atoms with E-state index in [0.717, 1.165) is 41.5 Å². The Morgan fingerprint density at radius 2 is 2.07 bits per heavy atom. The fourth-order valence-corrected chi connectivity index (χ4v) is 4.22. The molecule has 1 amide bonds. The molecule has 1 saturated heterocycles. The maximum absolute atomic E-state index is 12.8. The Morgan fingerprint density at radius 1 is 1.27 bits per heavy atom. The van der Waals surface area contributed by atoms with Gasteiger partial charge in [-0.3, -0.25) is 9.78 Å². The van der Waals surface area contributed by atoms with Crippen molar-refractivity contribution in [2.75, 3.05) is 23.3 Å². The lowest BCUT2D eigenvalue weighted by atomic mass is 9.94. The number of nitrogens with zero attached hydrogens (tertiary/aromatic N) is 3. The fraction of sp³-hybridized carbons (Fsp3) is 0.292. The van der Waals surface area contributed by atoms with Crippen molar-refractivity contribution in [3.05, 3.63) is 64.8 Å². The number of carbonyl (C=O) groups excluding carboxylic acids is 1. The van der Waals surface area contributed by atoms with Crippen LogP contribution in [-0.2, 0) is 11.2 Å². The van der Waals surface area contributed by atoms with Gasteiger partial charge in [0, 0.05) is 41.3 Å². The van der Waals surface area contributed by atoms with Crippen LogP contribution in [0.5, 0.6) is 0 Å². The number of nitrogens with one attached hydrogen (secondary N) is 1. The second-order valence-electron chi connectivity index (χ2n) is 7.60. The van der Waals surface area contributed by atoms with Crippen LogP contribution in [0.25, 0.3) is 10.9 Å². The minimum Gasteiger partial charge on any atom is -0.370 e. The van der Waals surface area contributed by atoms with E-state index >= 15 is 0 Å². The summed E-state index contributed by atoms with van der Waals surface area (Å²) in [6.07, 6.45) is 4.02. The highest BCUT2D eigenvalue weighted by Crippen LogP contribution is 2.34. The van der Waals surface area contributed by atoms with Crippen molar-refractivity contribution >= 4 is 39.8 Å². The summed E-state index contributed by atoms with van der Waals surface area (Å²) in [5.74, 6) is 0.0137. The summed E-state index contributed by atoms with van der Waals surface area (Å²) in [6.45, 7) is 3.50. The van der Waals surface area contributed by atoms with Crippen LogP contribution in [0.2, 0.25) is 5.02 Å². The SMILES string of the molecule is CCc1cccc(NC(=O)C2CCN(c3c(C#N)cnc4ccc(Cl)cc34)CC2)c1. The molecule has 1 aliphatic heterocycles. The molecule has 0 atom stereocenters. The van der Waals surface area contributed by atoms with E-state index in [9.17, 15) is 10.1 Å². The Balaban J connectivity index is 1.50. The molecule has 2 aromatic carbocycles. The average Bonchev–Trinajstić information content (AvgIpc) is 2.78. The van der Waals surface area contributed by atoms with Gasteiger partial charge in [0.2, 0.25) is 5.91 Å². The zero-order chi connectivity index (χ0) is 21.1. The highest BCUT2D eigenvalue weighted by atomic mass is 35.5. The van der Waals surface area contributed by atoms with Crippen LogP contribution in [-0.4, -0.2) is 24.0 Å². The normalized spacial score (nSPS) is 14.5. The first kappa shape index (κ1) is 20.2. The summed E-state index contributed by atoms with van der Waals surface area (Å²) < 4.78 is 0. The van der Waals surface area contributed by atoms with Crippen LogP contribution in [0.1, 0.15) is 30.9 Å². The number of amides is 1. The molecule has 0 unspecified atom stereocenters. The van der Waals surface area contributed by atoms with Crippen molar-refractivity contribution < 1.29 is 4.79 Å². The van der Waals surface area contributed by atoms with Crippen molar-refractivity contribution in [3.8, 4) is 6.07 Å². The topological polar surface area (TPSA) is 69.0 Å². The lowest BCUT2D eigenvalue weighted by Crippen LogP contribution is -2.38. The van der Waals surface area contributed by atoms with E-state index in [2.05, 4.69) is 34.3 Å². The quantitative estimate of drug-likeness (QED) is 0.634. The zero-order valence-electron chi connectivity index (χ0n) is 16.9. The number of hydrogen-bond donors (Lipinski definition) is 1. The number of benzene rings is 2. The minimum atomic E-state index is -0.0474. The van der Waals surface area contributed by atoms with Gasteiger partial charge >= 0.3 is 0 Å². The summed E-state index contributed by atoms with van der Waals surface area (Å²) in [5, 5.41) is 14.2. The Bertz CT molecular complexity index is 1130. The number of hydrogen-bond acceptors (Lipinski definition) is 4. The monoisotopic (exact) mass is 418 g/mol. The summed E-state index contributed by atoms with van der Waals surface area (Å²) in [5.41, 5.74) is 4.26. The molecule has 0 saturated carbocycles. The van der Waals surface area contributed by atoms with E-state index < -0.39 is 0 Å². The summed E-state index contributed by atoms with van der Waals surface area (Å²) in [7, 11) is 0. The standard InChI is InChI=1S/C24H23ClN4O/c1-2-16-4-3-5-20(12-16)28-24(30)17-8-10-29(11-9-17)23-18(14-26)15-27-22-7-6-19(25)13-21(22)23/h3-7,12-13,15,17H,2,8-11H2,1H3,(H,28,30). The van der Waals surface area contributed by atoms with Crippen molar-refractivity contribution in [2.24, 2.45) is 5.92 Å². The smallest absolute Gasteiger partial charge is 0.227 e. The molecule has 4 rings (SSSR count). The average molecular weight is 419 g/mol. The first-order valence-corrected chi connectivity index (χ1v) is 10.6. The Labute approximate surface area is 181 Å². The van der Waals surface area contributed by atoms with Crippen molar-refractivity contribution in [1.29, 1.82) is 5.26 Å². The maximum Gasteiger partial charge on any atom is 0.227 e. The van der Waals surface area contributed by atoms with Crippen molar-refractivity contribution in [3.63, 3.8) is 0 Å². The number of aromatic nitrogens is 1. The number of rotatable bonds is 4. The van der Waals surface area contributed by atoms with Gasteiger partial charge in [-0.1, -0.05) is 30.7 Å². The molecule has 1 aromatic heterocycles. The molecule has 5 nitrogen and oxygen atoms in total. The van der Waals surface area contributed by atoms with Crippen molar-refractivity contribution in [1.82, 2.24) is 4.98 Å². The second-order valence-corrected chi connectivity index (χ2v) is 8.03. The molecule has 152 valence electrons. The predicted molar refractivity (Wildman–Crippen MR) is 121 cm³/mol. The number of aryl methyl sites for hydroxylation is 1. The van der Waals surface area contributed by atoms with Gasteiger partial charge in [-0.05, 0) is 55.2 Å². The van der Waals surface area contributed by atoms with Crippen LogP contribution >= 0.6 is 11.6 Å². The first-order chi connectivity index (χ1) is 14.6. The van der Waals surface area contributed by atoms with Crippen LogP contribution in [0.3, 0.4) is 0 Å². The van der Waals surface area contributed by atoms with E-state index in [4.69, 9.17) is 11.6 Å². The molecular weight excluding hydrogens is 396 g/mol. The molecule has 0 bridgehead atoms. The number of pyridine rings is 1. The molecule has 30 heavy (non-hydrogen) atoms. The number of nitriles is 1. The predicted octanol–water partition coefficient (Wildman–Crippen LogP) is 5.18. The van der Waals surface area contributed by atoms with Crippen LogP contribution in [0.15, 0.2) is 48.7 Å². The highest BCUT2D eigenvalue weighted by molar-refractivity contribution is 6.31. The Kier molecular flexibility index (Phi) is 5.87. The molecule has 3 aromatic rings. The second kappa shape index (κ2) is 8.73. The number of fused-ring (bicyclic) bond motifs is 1. The molecule has 0 spiro atoms. The lowest BCUT2D eigenvalue weighted by molar-refractivity contribution is -0.120. The molecule has 0 radical (unpaired) electrons. The van der Waals surface area contributed by atoms with E-state index in [0.29, 0.717) is 23.7 Å². The molecule has 1 N–H and O–H groups in total. The highest BCUT2D eigenvalue weighted by Gasteiger charge is 2.27. The van der Waals surface area contributed by atoms with Gasteiger partial charge in [-0.25, -0.2) is 0 Å². The maximum atomic E-state index is 12.8. The third-order valence-corrected chi connectivity index (χ3v) is 5.94. The third-order valence-electron chi connectivity index (χ3n) is 5.71. The number of carbonyl (C=O) groups is 1. The summed E-state index contributed by atoms with van der Waals surface area (Å²) in [4.78, 5) is 19.3.